The molecule has 6 rings (SSSR count). The highest BCUT2D eigenvalue weighted by molar-refractivity contribution is 7.68. The van der Waals surface area contributed by atoms with Gasteiger partial charge in [0, 0.05) is 10.6 Å². The summed E-state index contributed by atoms with van der Waals surface area (Å²) in [5.41, 5.74) is 1.20. The first kappa shape index (κ1) is 21.1. The summed E-state index contributed by atoms with van der Waals surface area (Å²) in [6, 6.07) is 36.5. The van der Waals surface area contributed by atoms with Crippen molar-refractivity contribution >= 4 is 61.8 Å². The number of benzene rings is 6. The average molecular weight is 457 g/mol. The molecule has 34 heavy (non-hydrogen) atoms. The summed E-state index contributed by atoms with van der Waals surface area (Å²) in [6.45, 7) is 3.92. The summed E-state index contributed by atoms with van der Waals surface area (Å²) < 4.78 is 0. The molecule has 0 aliphatic carbocycles. The highest BCUT2D eigenvalue weighted by atomic mass is 31.1. The molecule has 1 unspecified atom stereocenters. The van der Waals surface area contributed by atoms with Gasteiger partial charge in [0.2, 0.25) is 0 Å². The lowest BCUT2D eigenvalue weighted by molar-refractivity contribution is 0.645. The Morgan fingerprint density at radius 1 is 0.618 bits per heavy atom. The van der Waals surface area contributed by atoms with Crippen molar-refractivity contribution in [3.63, 3.8) is 0 Å². The monoisotopic (exact) mass is 456 g/mol. The molecule has 1 N–H and O–H groups in total. The molecule has 0 aromatic heterocycles. The minimum Gasteiger partial charge on any atom is -0.364 e. The topological polar surface area (TPSA) is 20.2 Å². The van der Waals surface area contributed by atoms with E-state index >= 15 is 0 Å². The fourth-order valence-corrected chi connectivity index (χ4v) is 6.78. The molecule has 0 saturated heterocycles. The smallest absolute Gasteiger partial charge is 0.0892 e. The number of hydrogen-bond acceptors (Lipinski definition) is 1. The second kappa shape index (κ2) is 8.69. The van der Waals surface area contributed by atoms with Crippen LogP contribution >= 0.6 is 8.15 Å². The Kier molecular flexibility index (Phi) is 5.38. The first-order valence-corrected chi connectivity index (χ1v) is 13.0. The van der Waals surface area contributed by atoms with Crippen LogP contribution in [-0.2, 0) is 6.42 Å². The van der Waals surface area contributed by atoms with Gasteiger partial charge in [0.25, 0.3) is 0 Å². The molecule has 0 fully saturated rings. The first-order valence-electron chi connectivity index (χ1n) is 11.7. The second-order valence-corrected chi connectivity index (χ2v) is 10.4. The molecular weight excluding hydrogens is 431 g/mol. The minimum atomic E-state index is -1.55. The molecule has 0 spiro atoms. The van der Waals surface area contributed by atoms with E-state index in [1.807, 2.05) is 6.08 Å². The fraction of sp³-hybridized carbons (Fsp3) is 0.0625. The average Bonchev–Trinajstić information content (AvgIpc) is 2.88. The molecule has 2 heteroatoms. The van der Waals surface area contributed by atoms with E-state index in [0.717, 1.165) is 39.6 Å². The van der Waals surface area contributed by atoms with Crippen LogP contribution < -0.4 is 10.6 Å². The third kappa shape index (κ3) is 3.59. The number of rotatable bonds is 5. The van der Waals surface area contributed by atoms with Crippen molar-refractivity contribution in [1.29, 1.82) is 0 Å². The molecule has 0 heterocycles. The maximum absolute atomic E-state index is 12.1. The molecule has 0 aliphatic rings. The third-order valence-corrected chi connectivity index (χ3v) is 8.52. The van der Waals surface area contributed by atoms with Crippen LogP contribution in [-0.4, -0.2) is 4.89 Å². The Labute approximate surface area is 200 Å². The van der Waals surface area contributed by atoms with E-state index in [9.17, 15) is 4.89 Å². The Hall–Kier alpha value is -3.51. The summed E-state index contributed by atoms with van der Waals surface area (Å²) in [6.07, 6.45) is 3.71. The SMILES string of the molecule is C=CCCc1ccc2cc3ccccc3cc2c1P(O)c1cccc2cc3ccccc3cc12. The summed E-state index contributed by atoms with van der Waals surface area (Å²) in [7, 11) is -1.55. The summed E-state index contributed by atoms with van der Waals surface area (Å²) in [4.78, 5) is 12.1. The van der Waals surface area contributed by atoms with Gasteiger partial charge in [-0.1, -0.05) is 84.9 Å². The molecule has 0 bridgehead atoms. The van der Waals surface area contributed by atoms with E-state index in [-0.39, 0.29) is 0 Å². The van der Waals surface area contributed by atoms with Crippen LogP contribution in [0, 0.1) is 0 Å². The van der Waals surface area contributed by atoms with Gasteiger partial charge in [0.1, 0.15) is 0 Å². The lowest BCUT2D eigenvalue weighted by Gasteiger charge is -2.20. The van der Waals surface area contributed by atoms with Crippen LogP contribution in [0.15, 0.2) is 116 Å². The van der Waals surface area contributed by atoms with Crippen molar-refractivity contribution in [3.05, 3.63) is 121 Å². The maximum Gasteiger partial charge on any atom is 0.0892 e. The molecule has 6 aromatic rings. The summed E-state index contributed by atoms with van der Waals surface area (Å²) >= 11 is 0. The van der Waals surface area contributed by atoms with Crippen molar-refractivity contribution in [3.8, 4) is 0 Å². The standard InChI is InChI=1S/C32H25OP/c1-2-3-9-22-16-17-28-19-24-11-5-7-13-26(24)21-30(28)32(22)34(33)31-15-8-14-27-18-23-10-4-6-12-25(23)20-29(27)31/h2,4-8,10-21,33H,1,3,9H2. The lowest BCUT2D eigenvalue weighted by atomic mass is 10.00. The molecule has 6 aromatic carbocycles. The fourth-order valence-electron chi connectivity index (χ4n) is 5.01. The van der Waals surface area contributed by atoms with E-state index < -0.39 is 8.15 Å². The van der Waals surface area contributed by atoms with Gasteiger partial charge in [-0.15, -0.1) is 6.58 Å². The number of hydrogen-bond donors (Lipinski definition) is 1. The van der Waals surface area contributed by atoms with Crippen molar-refractivity contribution in [2.45, 2.75) is 12.8 Å². The maximum atomic E-state index is 12.1. The molecule has 1 atom stereocenters. The zero-order chi connectivity index (χ0) is 23.1. The minimum absolute atomic E-state index is 0.870. The van der Waals surface area contributed by atoms with E-state index in [4.69, 9.17) is 0 Å². The number of allylic oxidation sites excluding steroid dienone is 1. The highest BCUT2D eigenvalue weighted by Crippen LogP contribution is 2.38. The van der Waals surface area contributed by atoms with Gasteiger partial charge in [0.15, 0.2) is 0 Å². The molecular formula is C32H25OP. The lowest BCUT2D eigenvalue weighted by Crippen LogP contribution is -2.17. The normalized spacial score (nSPS) is 12.5. The highest BCUT2D eigenvalue weighted by Gasteiger charge is 2.21. The van der Waals surface area contributed by atoms with Gasteiger partial charge in [0.05, 0.1) is 8.15 Å². The van der Waals surface area contributed by atoms with Gasteiger partial charge in [-0.25, -0.2) is 0 Å². The second-order valence-electron chi connectivity index (χ2n) is 8.83. The van der Waals surface area contributed by atoms with Crippen LogP contribution in [0.4, 0.5) is 0 Å². The predicted molar refractivity (Wildman–Crippen MR) is 150 cm³/mol. The van der Waals surface area contributed by atoms with Crippen LogP contribution in [0.3, 0.4) is 0 Å². The number of fused-ring (bicyclic) bond motifs is 4. The van der Waals surface area contributed by atoms with E-state index in [1.54, 1.807) is 0 Å². The van der Waals surface area contributed by atoms with E-state index in [1.165, 1.54) is 32.5 Å². The molecule has 0 aliphatic heterocycles. The van der Waals surface area contributed by atoms with Crippen LogP contribution in [0.2, 0.25) is 0 Å². The Morgan fingerprint density at radius 2 is 1.18 bits per heavy atom. The van der Waals surface area contributed by atoms with Crippen molar-refractivity contribution in [2.24, 2.45) is 0 Å². The molecule has 1 nitrogen and oxygen atoms in total. The Bertz CT molecular complexity index is 1700. The van der Waals surface area contributed by atoms with Gasteiger partial charge in [-0.05, 0) is 85.8 Å². The van der Waals surface area contributed by atoms with Gasteiger partial charge < -0.3 is 4.89 Å². The van der Waals surface area contributed by atoms with Crippen molar-refractivity contribution < 1.29 is 4.89 Å². The van der Waals surface area contributed by atoms with Crippen LogP contribution in [0.25, 0.3) is 43.1 Å². The van der Waals surface area contributed by atoms with E-state index in [2.05, 4.69) is 110 Å². The Balaban J connectivity index is 1.62. The van der Waals surface area contributed by atoms with Gasteiger partial charge >= 0.3 is 0 Å². The molecule has 0 saturated carbocycles. The van der Waals surface area contributed by atoms with Crippen LogP contribution in [0.1, 0.15) is 12.0 Å². The van der Waals surface area contributed by atoms with E-state index in [0.29, 0.717) is 0 Å². The largest absolute Gasteiger partial charge is 0.364 e. The Morgan fingerprint density at radius 3 is 1.82 bits per heavy atom. The zero-order valence-corrected chi connectivity index (χ0v) is 19.8. The first-order chi connectivity index (χ1) is 16.7. The molecule has 0 amide bonds. The summed E-state index contributed by atoms with van der Waals surface area (Å²) in [5, 5.41) is 11.5. The van der Waals surface area contributed by atoms with Gasteiger partial charge in [-0.3, -0.25) is 0 Å². The molecule has 0 radical (unpaired) electrons. The summed E-state index contributed by atoms with van der Waals surface area (Å²) in [5.74, 6) is 0. The third-order valence-electron chi connectivity index (χ3n) is 6.72. The number of aryl methyl sites for hydroxylation is 1. The van der Waals surface area contributed by atoms with Gasteiger partial charge in [-0.2, -0.15) is 0 Å². The zero-order valence-electron chi connectivity index (χ0n) is 18.9. The van der Waals surface area contributed by atoms with Crippen molar-refractivity contribution in [1.82, 2.24) is 0 Å². The van der Waals surface area contributed by atoms with Crippen molar-refractivity contribution in [2.75, 3.05) is 0 Å². The predicted octanol–water partition coefficient (Wildman–Crippen LogP) is 7.76. The molecule has 164 valence electrons. The quantitative estimate of drug-likeness (QED) is 0.160. The van der Waals surface area contributed by atoms with Crippen LogP contribution in [0.5, 0.6) is 0 Å².